The van der Waals surface area contributed by atoms with E-state index >= 15 is 0 Å². The molecule has 0 saturated carbocycles. The van der Waals surface area contributed by atoms with Gasteiger partial charge in [0.1, 0.15) is 5.82 Å². The van der Waals surface area contributed by atoms with E-state index in [4.69, 9.17) is 33.0 Å². The van der Waals surface area contributed by atoms with Gasteiger partial charge in [-0.25, -0.2) is 0 Å². The number of para-hydroxylation sites is 1. The molecule has 3 heterocycles. The first-order valence-corrected chi connectivity index (χ1v) is 14.6. The molecule has 0 radical (unpaired) electrons. The largest absolute Gasteiger partial charge is 0.381 e. The fourth-order valence-corrected chi connectivity index (χ4v) is 5.81. The summed E-state index contributed by atoms with van der Waals surface area (Å²) < 4.78 is 7.61. The van der Waals surface area contributed by atoms with E-state index in [2.05, 4.69) is 44.2 Å². The minimum Gasteiger partial charge on any atom is -0.381 e. The number of hydrogen-bond acceptors (Lipinski definition) is 4. The molecule has 1 atom stereocenters. The number of carbonyl (C=O) groups excluding carboxylic acids is 1. The Hall–Kier alpha value is -3.65. The SMILES string of the molecule is O=C(N[C@H](Cc1c[nH]c2ccccc12)c1nnc(Cc2ccccc2)n1Cc1ccc(Cl)c(Cl)c1)C1CCOCC1. The molecule has 1 fully saturated rings. The number of aromatic nitrogens is 4. The highest BCUT2D eigenvalue weighted by molar-refractivity contribution is 6.42. The number of hydrogen-bond donors (Lipinski definition) is 2. The first kappa shape index (κ1) is 27.5. The number of carbonyl (C=O) groups is 1. The average molecular weight is 589 g/mol. The lowest BCUT2D eigenvalue weighted by Gasteiger charge is -2.25. The number of nitrogens with one attached hydrogen (secondary N) is 2. The minimum absolute atomic E-state index is 0.0202. The number of halogens is 2. The van der Waals surface area contributed by atoms with Crippen molar-refractivity contribution in [1.29, 1.82) is 0 Å². The highest BCUT2D eigenvalue weighted by atomic mass is 35.5. The number of benzene rings is 3. The molecule has 41 heavy (non-hydrogen) atoms. The third kappa shape index (κ3) is 6.32. The number of ether oxygens (including phenoxy) is 1. The van der Waals surface area contributed by atoms with Gasteiger partial charge in [-0.05, 0) is 47.7 Å². The normalized spacial score (nSPS) is 14.8. The lowest BCUT2D eigenvalue weighted by molar-refractivity contribution is -0.128. The van der Waals surface area contributed by atoms with Crippen LogP contribution in [0.1, 0.15) is 47.2 Å². The third-order valence-electron chi connectivity index (χ3n) is 7.70. The van der Waals surface area contributed by atoms with Crippen LogP contribution < -0.4 is 5.32 Å². The quantitative estimate of drug-likeness (QED) is 0.205. The Labute approximate surface area is 248 Å². The van der Waals surface area contributed by atoms with Crippen molar-refractivity contribution in [3.8, 4) is 0 Å². The minimum atomic E-state index is -0.399. The molecule has 9 heteroatoms. The van der Waals surface area contributed by atoms with E-state index in [1.165, 1.54) is 0 Å². The maximum atomic E-state index is 13.6. The molecule has 1 saturated heterocycles. The summed E-state index contributed by atoms with van der Waals surface area (Å²) in [7, 11) is 0. The standard InChI is InChI=1S/C32H31Cl2N5O2/c33-26-11-10-22(16-27(26)34)20-39-30(17-21-6-2-1-3-7-21)37-38-31(39)29(36-32(40)23-12-14-41-15-13-23)18-24-19-35-28-9-5-4-8-25(24)28/h1-11,16,19,23,29,35H,12-15,17-18,20H2,(H,36,40)/t29-/m1/s1. The zero-order valence-corrected chi connectivity index (χ0v) is 24.0. The van der Waals surface area contributed by atoms with E-state index in [-0.39, 0.29) is 11.8 Å². The number of H-pyrrole nitrogens is 1. The molecule has 1 aliphatic heterocycles. The summed E-state index contributed by atoms with van der Waals surface area (Å²) >= 11 is 12.6. The fourth-order valence-electron chi connectivity index (χ4n) is 5.49. The zero-order chi connectivity index (χ0) is 28.2. The van der Waals surface area contributed by atoms with Crippen LogP contribution in [0, 0.1) is 5.92 Å². The highest BCUT2D eigenvalue weighted by Crippen LogP contribution is 2.28. The Morgan fingerprint density at radius 2 is 1.76 bits per heavy atom. The van der Waals surface area contributed by atoms with Crippen LogP contribution in [0.15, 0.2) is 79.0 Å². The Balaban J connectivity index is 1.40. The van der Waals surface area contributed by atoms with Crippen molar-refractivity contribution in [2.24, 2.45) is 5.92 Å². The summed E-state index contributed by atoms with van der Waals surface area (Å²) in [5, 5.41) is 14.8. The lowest BCUT2D eigenvalue weighted by atomic mass is 9.97. The first-order chi connectivity index (χ1) is 20.0. The molecule has 7 nitrogen and oxygen atoms in total. The number of aromatic amines is 1. The predicted molar refractivity (Wildman–Crippen MR) is 161 cm³/mol. The maximum Gasteiger partial charge on any atom is 0.223 e. The van der Waals surface area contributed by atoms with Crippen molar-refractivity contribution in [3.05, 3.63) is 117 Å². The summed E-state index contributed by atoms with van der Waals surface area (Å²) in [6.07, 6.45) is 4.59. The fraction of sp³-hybridized carbons (Fsp3) is 0.281. The Bertz CT molecular complexity index is 1640. The van der Waals surface area contributed by atoms with E-state index in [1.807, 2.05) is 48.7 Å². The Morgan fingerprint density at radius 1 is 0.976 bits per heavy atom. The molecular weight excluding hydrogens is 557 g/mol. The van der Waals surface area contributed by atoms with Gasteiger partial charge in [-0.1, -0.05) is 77.8 Å². The molecule has 3 aromatic carbocycles. The summed E-state index contributed by atoms with van der Waals surface area (Å²) in [5.74, 6) is 1.44. The molecule has 0 spiro atoms. The van der Waals surface area contributed by atoms with Crippen LogP contribution in [-0.2, 0) is 28.9 Å². The summed E-state index contributed by atoms with van der Waals surface area (Å²) in [4.78, 5) is 16.9. The van der Waals surface area contributed by atoms with Gasteiger partial charge in [0.05, 0.1) is 22.6 Å². The molecule has 0 aliphatic carbocycles. The zero-order valence-electron chi connectivity index (χ0n) is 22.5. The van der Waals surface area contributed by atoms with E-state index < -0.39 is 6.04 Å². The first-order valence-electron chi connectivity index (χ1n) is 13.9. The van der Waals surface area contributed by atoms with E-state index in [0.717, 1.165) is 33.4 Å². The van der Waals surface area contributed by atoms with E-state index in [0.29, 0.717) is 61.3 Å². The van der Waals surface area contributed by atoms with Gasteiger partial charge in [0.2, 0.25) is 5.91 Å². The van der Waals surface area contributed by atoms with E-state index in [1.54, 1.807) is 6.07 Å². The average Bonchev–Trinajstić information content (AvgIpc) is 3.59. The van der Waals surface area contributed by atoms with Gasteiger partial charge in [0.15, 0.2) is 5.82 Å². The van der Waals surface area contributed by atoms with Crippen molar-refractivity contribution in [2.75, 3.05) is 13.2 Å². The van der Waals surface area contributed by atoms with Crippen LogP contribution >= 0.6 is 23.2 Å². The van der Waals surface area contributed by atoms with Crippen molar-refractivity contribution in [1.82, 2.24) is 25.1 Å². The van der Waals surface area contributed by atoms with Gasteiger partial charge in [-0.2, -0.15) is 0 Å². The Morgan fingerprint density at radius 3 is 2.56 bits per heavy atom. The van der Waals surface area contributed by atoms with Gasteiger partial charge in [0.25, 0.3) is 0 Å². The van der Waals surface area contributed by atoms with Crippen molar-refractivity contribution < 1.29 is 9.53 Å². The summed E-state index contributed by atoms with van der Waals surface area (Å²) in [6.45, 7) is 1.68. The van der Waals surface area contributed by atoms with Gasteiger partial charge in [-0.15, -0.1) is 10.2 Å². The van der Waals surface area contributed by atoms with Crippen molar-refractivity contribution in [3.63, 3.8) is 0 Å². The van der Waals surface area contributed by atoms with Crippen molar-refractivity contribution >= 4 is 40.0 Å². The van der Waals surface area contributed by atoms with Gasteiger partial charge < -0.3 is 19.6 Å². The molecule has 1 amide bonds. The smallest absolute Gasteiger partial charge is 0.223 e. The topological polar surface area (TPSA) is 84.8 Å². The molecule has 0 unspecified atom stereocenters. The monoisotopic (exact) mass is 587 g/mol. The second kappa shape index (κ2) is 12.5. The predicted octanol–water partition coefficient (Wildman–Crippen LogP) is 6.53. The highest BCUT2D eigenvalue weighted by Gasteiger charge is 2.29. The van der Waals surface area contributed by atoms with E-state index in [9.17, 15) is 4.79 Å². The van der Waals surface area contributed by atoms with Gasteiger partial charge in [0, 0.05) is 49.1 Å². The number of fused-ring (bicyclic) bond motifs is 1. The maximum absolute atomic E-state index is 13.6. The van der Waals surface area contributed by atoms with Crippen LogP contribution in [0.25, 0.3) is 10.9 Å². The number of amides is 1. The summed E-state index contributed by atoms with van der Waals surface area (Å²) in [5.41, 5.74) is 4.25. The molecule has 0 bridgehead atoms. The second-order valence-corrected chi connectivity index (χ2v) is 11.3. The molecular formula is C32H31Cl2N5O2. The Kier molecular flexibility index (Phi) is 8.37. The number of rotatable bonds is 9. The molecule has 2 N–H and O–H groups in total. The lowest BCUT2D eigenvalue weighted by Crippen LogP contribution is -2.38. The van der Waals surface area contributed by atoms with Crippen LogP contribution in [-0.4, -0.2) is 38.9 Å². The molecule has 1 aliphatic rings. The molecule has 2 aromatic heterocycles. The van der Waals surface area contributed by atoms with Gasteiger partial charge in [-0.3, -0.25) is 4.79 Å². The van der Waals surface area contributed by atoms with Crippen molar-refractivity contribution in [2.45, 2.75) is 38.3 Å². The summed E-state index contributed by atoms with van der Waals surface area (Å²) in [6, 6.07) is 23.6. The molecule has 6 rings (SSSR count). The third-order valence-corrected chi connectivity index (χ3v) is 8.44. The van der Waals surface area contributed by atoms with Crippen LogP contribution in [0.2, 0.25) is 10.0 Å². The molecule has 210 valence electrons. The van der Waals surface area contributed by atoms with Crippen LogP contribution in [0.4, 0.5) is 0 Å². The molecule has 5 aromatic rings. The number of nitrogens with zero attached hydrogens (tertiary/aromatic N) is 3. The second-order valence-electron chi connectivity index (χ2n) is 10.5. The van der Waals surface area contributed by atoms with Gasteiger partial charge >= 0.3 is 0 Å². The van der Waals surface area contributed by atoms with Crippen LogP contribution in [0.5, 0.6) is 0 Å². The van der Waals surface area contributed by atoms with Crippen LogP contribution in [0.3, 0.4) is 0 Å².